The fourth-order valence-electron chi connectivity index (χ4n) is 2.73. The number of likely N-dealkylation sites (tertiary alicyclic amines) is 1. The molecule has 2 rings (SSSR count). The highest BCUT2D eigenvalue weighted by molar-refractivity contribution is 7.80. The third-order valence-electron chi connectivity index (χ3n) is 3.93. The number of rotatable bonds is 6. The summed E-state index contributed by atoms with van der Waals surface area (Å²) in [5.41, 5.74) is 6.68. The molecule has 116 valence electrons. The van der Waals surface area contributed by atoms with Gasteiger partial charge in [-0.1, -0.05) is 43.6 Å². The lowest BCUT2D eigenvalue weighted by atomic mass is 10.1. The van der Waals surface area contributed by atoms with Gasteiger partial charge in [-0.3, -0.25) is 4.90 Å². The maximum atomic E-state index is 5.84. The molecule has 3 nitrogen and oxygen atoms in total. The zero-order chi connectivity index (χ0) is 14.9. The molecule has 4 heteroatoms. The van der Waals surface area contributed by atoms with Gasteiger partial charge in [-0.05, 0) is 43.6 Å². The van der Waals surface area contributed by atoms with Crippen LogP contribution in [0.3, 0.4) is 0 Å². The molecule has 0 aliphatic carbocycles. The van der Waals surface area contributed by atoms with Crippen molar-refractivity contribution in [2.75, 3.05) is 26.2 Å². The Hall–Kier alpha value is -1.13. The first-order chi connectivity index (χ1) is 10.2. The zero-order valence-corrected chi connectivity index (χ0v) is 13.5. The lowest BCUT2D eigenvalue weighted by Crippen LogP contribution is -2.31. The third-order valence-corrected chi connectivity index (χ3v) is 4.07. The second-order valence-corrected chi connectivity index (χ2v) is 6.27. The van der Waals surface area contributed by atoms with Crippen molar-refractivity contribution in [3.63, 3.8) is 0 Å². The molecule has 1 aliphatic rings. The molecule has 1 heterocycles. The number of benzene rings is 1. The molecule has 0 spiro atoms. The molecule has 0 aromatic heterocycles. The topological polar surface area (TPSA) is 38.5 Å². The Morgan fingerprint density at radius 1 is 1.05 bits per heavy atom. The van der Waals surface area contributed by atoms with E-state index < -0.39 is 0 Å². The van der Waals surface area contributed by atoms with Crippen LogP contribution in [0, 0.1) is 0 Å². The Balaban J connectivity index is 1.71. The van der Waals surface area contributed by atoms with Gasteiger partial charge < -0.3 is 10.5 Å². The van der Waals surface area contributed by atoms with E-state index in [9.17, 15) is 0 Å². The summed E-state index contributed by atoms with van der Waals surface area (Å²) in [6, 6.07) is 8.07. The number of thiocarbonyl (C=S) groups is 1. The van der Waals surface area contributed by atoms with Crippen molar-refractivity contribution in [3.8, 4) is 5.75 Å². The quantitative estimate of drug-likeness (QED) is 0.819. The van der Waals surface area contributed by atoms with Crippen LogP contribution < -0.4 is 10.5 Å². The Kier molecular flexibility index (Phi) is 6.96. The number of hydrogen-bond acceptors (Lipinski definition) is 3. The summed E-state index contributed by atoms with van der Waals surface area (Å²) in [5.74, 6) is 0.925. The zero-order valence-electron chi connectivity index (χ0n) is 12.7. The molecular weight excluding hydrogens is 280 g/mol. The van der Waals surface area contributed by atoms with E-state index in [1.165, 1.54) is 45.2 Å². The minimum Gasteiger partial charge on any atom is -0.492 e. The van der Waals surface area contributed by atoms with Gasteiger partial charge in [-0.25, -0.2) is 0 Å². The Morgan fingerprint density at radius 3 is 2.29 bits per heavy atom. The molecular formula is C17H26N2OS. The SMILES string of the molecule is NC(=S)Cc1ccc(OCCN2CCCCCCC2)cc1. The van der Waals surface area contributed by atoms with E-state index in [1.807, 2.05) is 24.3 Å². The van der Waals surface area contributed by atoms with Gasteiger partial charge in [0.2, 0.25) is 0 Å². The van der Waals surface area contributed by atoms with Crippen LogP contribution in [0.2, 0.25) is 0 Å². The molecule has 1 aliphatic heterocycles. The smallest absolute Gasteiger partial charge is 0.119 e. The second kappa shape index (κ2) is 9.00. The first-order valence-electron chi connectivity index (χ1n) is 7.96. The fraction of sp³-hybridized carbons (Fsp3) is 0.588. The molecule has 0 radical (unpaired) electrons. The van der Waals surface area contributed by atoms with Crippen molar-refractivity contribution in [3.05, 3.63) is 29.8 Å². The first-order valence-corrected chi connectivity index (χ1v) is 8.37. The van der Waals surface area contributed by atoms with Gasteiger partial charge in [-0.2, -0.15) is 0 Å². The highest BCUT2D eigenvalue weighted by Gasteiger charge is 2.07. The molecule has 0 unspecified atom stereocenters. The molecule has 1 aromatic rings. The van der Waals surface area contributed by atoms with Crippen molar-refractivity contribution in [2.24, 2.45) is 5.73 Å². The van der Waals surface area contributed by atoms with Gasteiger partial charge in [0.05, 0.1) is 4.99 Å². The molecule has 1 aromatic carbocycles. The van der Waals surface area contributed by atoms with E-state index in [1.54, 1.807) is 0 Å². The number of nitrogens with two attached hydrogens (primary N) is 1. The molecule has 1 saturated heterocycles. The van der Waals surface area contributed by atoms with Gasteiger partial charge in [0, 0.05) is 13.0 Å². The molecule has 21 heavy (non-hydrogen) atoms. The maximum Gasteiger partial charge on any atom is 0.119 e. The summed E-state index contributed by atoms with van der Waals surface area (Å²) >= 11 is 4.91. The largest absolute Gasteiger partial charge is 0.492 e. The summed E-state index contributed by atoms with van der Waals surface area (Å²) in [7, 11) is 0. The summed E-state index contributed by atoms with van der Waals surface area (Å²) < 4.78 is 5.84. The predicted molar refractivity (Wildman–Crippen MR) is 92.0 cm³/mol. The Bertz CT molecular complexity index is 425. The highest BCUT2D eigenvalue weighted by Crippen LogP contribution is 2.14. The summed E-state index contributed by atoms with van der Waals surface area (Å²) in [6.45, 7) is 4.22. The summed E-state index contributed by atoms with van der Waals surface area (Å²) in [5, 5.41) is 0. The lowest BCUT2D eigenvalue weighted by Gasteiger charge is -2.24. The molecule has 1 fully saturated rings. The van der Waals surface area contributed by atoms with E-state index in [0.29, 0.717) is 11.4 Å². The number of nitrogens with zero attached hydrogens (tertiary/aromatic N) is 1. The molecule has 0 atom stereocenters. The van der Waals surface area contributed by atoms with Crippen LogP contribution in [0.4, 0.5) is 0 Å². The van der Waals surface area contributed by atoms with Crippen LogP contribution >= 0.6 is 12.2 Å². The van der Waals surface area contributed by atoms with Crippen LogP contribution in [0.1, 0.15) is 37.7 Å². The van der Waals surface area contributed by atoms with Gasteiger partial charge >= 0.3 is 0 Å². The fourth-order valence-corrected chi connectivity index (χ4v) is 2.90. The lowest BCUT2D eigenvalue weighted by molar-refractivity contribution is 0.195. The molecule has 0 saturated carbocycles. The number of ether oxygens (including phenoxy) is 1. The normalized spacial score (nSPS) is 17.0. The van der Waals surface area contributed by atoms with Crippen LogP contribution in [0.5, 0.6) is 5.75 Å². The van der Waals surface area contributed by atoms with Crippen LogP contribution in [-0.4, -0.2) is 36.1 Å². The van der Waals surface area contributed by atoms with Crippen molar-refractivity contribution in [2.45, 2.75) is 38.5 Å². The van der Waals surface area contributed by atoms with E-state index in [2.05, 4.69) is 4.90 Å². The first kappa shape index (κ1) is 16.2. The van der Waals surface area contributed by atoms with Crippen molar-refractivity contribution in [1.29, 1.82) is 0 Å². The molecule has 2 N–H and O–H groups in total. The predicted octanol–water partition coefficient (Wildman–Crippen LogP) is 3.16. The second-order valence-electron chi connectivity index (χ2n) is 5.74. The molecule has 0 amide bonds. The van der Waals surface area contributed by atoms with Crippen molar-refractivity contribution in [1.82, 2.24) is 4.90 Å². The van der Waals surface area contributed by atoms with Gasteiger partial charge in [0.25, 0.3) is 0 Å². The van der Waals surface area contributed by atoms with Crippen LogP contribution in [-0.2, 0) is 6.42 Å². The van der Waals surface area contributed by atoms with E-state index in [0.717, 1.165) is 24.5 Å². The van der Waals surface area contributed by atoms with E-state index in [-0.39, 0.29) is 0 Å². The van der Waals surface area contributed by atoms with Crippen LogP contribution in [0.15, 0.2) is 24.3 Å². The minimum atomic E-state index is 0.528. The van der Waals surface area contributed by atoms with Gasteiger partial charge in [0.15, 0.2) is 0 Å². The number of hydrogen-bond donors (Lipinski definition) is 1. The summed E-state index contributed by atoms with van der Waals surface area (Å²) in [6.07, 6.45) is 7.47. The average molecular weight is 306 g/mol. The van der Waals surface area contributed by atoms with Crippen molar-refractivity contribution < 1.29 is 4.74 Å². The average Bonchev–Trinajstić information content (AvgIpc) is 2.42. The standard InChI is InChI=1S/C17H26N2OS/c18-17(21)14-15-6-8-16(9-7-15)20-13-12-19-10-4-2-1-3-5-11-19/h6-9H,1-5,10-14H2,(H2,18,21). The van der Waals surface area contributed by atoms with Gasteiger partial charge in [-0.15, -0.1) is 0 Å². The monoisotopic (exact) mass is 306 g/mol. The highest BCUT2D eigenvalue weighted by atomic mass is 32.1. The Morgan fingerprint density at radius 2 is 1.67 bits per heavy atom. The van der Waals surface area contributed by atoms with E-state index >= 15 is 0 Å². The van der Waals surface area contributed by atoms with Gasteiger partial charge in [0.1, 0.15) is 12.4 Å². The molecule has 0 bridgehead atoms. The maximum absolute atomic E-state index is 5.84. The summed E-state index contributed by atoms with van der Waals surface area (Å²) in [4.78, 5) is 3.06. The van der Waals surface area contributed by atoms with E-state index in [4.69, 9.17) is 22.7 Å². The third kappa shape index (κ3) is 6.44. The van der Waals surface area contributed by atoms with Crippen LogP contribution in [0.25, 0.3) is 0 Å². The minimum absolute atomic E-state index is 0.528. The Labute approximate surface area is 133 Å². The van der Waals surface area contributed by atoms with Crippen molar-refractivity contribution >= 4 is 17.2 Å².